The van der Waals surface area contributed by atoms with Gasteiger partial charge < -0.3 is 15.4 Å². The lowest BCUT2D eigenvalue weighted by molar-refractivity contribution is -0.386. The largest absolute Gasteiger partial charge is 0.474 e. The zero-order valence-corrected chi connectivity index (χ0v) is 16.0. The van der Waals surface area contributed by atoms with Crippen molar-refractivity contribution in [2.75, 3.05) is 5.32 Å². The Bertz CT molecular complexity index is 851. The molecule has 0 aromatic heterocycles. The molecule has 0 radical (unpaired) electrons. The SMILES string of the molecule is CCC(C)NC(=O)c1ccc(NC(=O)C(C)Oc2ccccc2[N+](=O)[O-])cc1. The van der Waals surface area contributed by atoms with Gasteiger partial charge in [-0.25, -0.2) is 0 Å². The number of anilines is 1. The minimum absolute atomic E-state index is 0.0206. The molecule has 0 saturated heterocycles. The summed E-state index contributed by atoms with van der Waals surface area (Å²) in [5, 5.41) is 16.6. The van der Waals surface area contributed by atoms with Crippen LogP contribution in [0, 0.1) is 10.1 Å². The summed E-state index contributed by atoms with van der Waals surface area (Å²) < 4.78 is 5.44. The lowest BCUT2D eigenvalue weighted by atomic mass is 10.1. The van der Waals surface area contributed by atoms with Crippen molar-refractivity contribution in [2.24, 2.45) is 0 Å². The Labute approximate surface area is 163 Å². The molecular weight excluding hydrogens is 362 g/mol. The number of nitrogens with one attached hydrogen (secondary N) is 2. The van der Waals surface area contributed by atoms with E-state index in [2.05, 4.69) is 10.6 Å². The second-order valence-corrected chi connectivity index (χ2v) is 6.33. The predicted molar refractivity (Wildman–Crippen MR) is 105 cm³/mol. The molecule has 0 aliphatic heterocycles. The molecule has 8 heteroatoms. The highest BCUT2D eigenvalue weighted by atomic mass is 16.6. The lowest BCUT2D eigenvalue weighted by Gasteiger charge is -2.15. The first-order valence-electron chi connectivity index (χ1n) is 8.93. The smallest absolute Gasteiger partial charge is 0.310 e. The number of hydrogen-bond acceptors (Lipinski definition) is 5. The molecule has 2 amide bonds. The summed E-state index contributed by atoms with van der Waals surface area (Å²) in [4.78, 5) is 34.9. The Morgan fingerprint density at radius 3 is 2.36 bits per heavy atom. The topological polar surface area (TPSA) is 111 Å². The quantitative estimate of drug-likeness (QED) is 0.533. The first-order chi connectivity index (χ1) is 13.3. The van der Waals surface area contributed by atoms with Gasteiger partial charge in [0.05, 0.1) is 4.92 Å². The minimum atomic E-state index is -0.950. The van der Waals surface area contributed by atoms with Crippen molar-refractivity contribution in [1.82, 2.24) is 5.32 Å². The van der Waals surface area contributed by atoms with Crippen molar-refractivity contribution < 1.29 is 19.2 Å². The van der Waals surface area contributed by atoms with E-state index in [1.165, 1.54) is 25.1 Å². The van der Waals surface area contributed by atoms with Gasteiger partial charge in [-0.3, -0.25) is 19.7 Å². The second kappa shape index (κ2) is 9.50. The van der Waals surface area contributed by atoms with E-state index in [1.807, 2.05) is 13.8 Å². The van der Waals surface area contributed by atoms with Crippen LogP contribution in [-0.2, 0) is 4.79 Å². The van der Waals surface area contributed by atoms with Gasteiger partial charge in [0.15, 0.2) is 11.9 Å². The van der Waals surface area contributed by atoms with Gasteiger partial charge in [-0.2, -0.15) is 0 Å². The van der Waals surface area contributed by atoms with Gasteiger partial charge in [0.1, 0.15) is 0 Å². The van der Waals surface area contributed by atoms with Crippen molar-refractivity contribution in [3.63, 3.8) is 0 Å². The number of para-hydroxylation sites is 2. The first kappa shape index (κ1) is 20.9. The molecule has 0 aliphatic rings. The molecule has 2 unspecified atom stereocenters. The van der Waals surface area contributed by atoms with Gasteiger partial charge in [0.25, 0.3) is 11.8 Å². The number of carbonyl (C=O) groups is 2. The maximum atomic E-state index is 12.3. The number of hydrogen-bond donors (Lipinski definition) is 2. The van der Waals surface area contributed by atoms with Crippen molar-refractivity contribution >= 4 is 23.2 Å². The van der Waals surface area contributed by atoms with Crippen molar-refractivity contribution in [3.05, 3.63) is 64.2 Å². The van der Waals surface area contributed by atoms with Gasteiger partial charge in [0, 0.05) is 23.4 Å². The molecule has 0 heterocycles. The van der Waals surface area contributed by atoms with Crippen molar-refractivity contribution in [2.45, 2.75) is 39.3 Å². The zero-order chi connectivity index (χ0) is 20.7. The maximum Gasteiger partial charge on any atom is 0.310 e. The molecule has 2 aromatic rings. The highest BCUT2D eigenvalue weighted by Crippen LogP contribution is 2.27. The number of nitro groups is 1. The molecule has 148 valence electrons. The number of carbonyl (C=O) groups excluding carboxylic acids is 2. The van der Waals surface area contributed by atoms with Crippen LogP contribution in [0.4, 0.5) is 11.4 Å². The van der Waals surface area contributed by atoms with Crippen LogP contribution in [-0.4, -0.2) is 28.9 Å². The summed E-state index contributed by atoms with van der Waals surface area (Å²) in [6.45, 7) is 5.40. The van der Waals surface area contributed by atoms with Gasteiger partial charge in [-0.05, 0) is 50.6 Å². The third-order valence-corrected chi connectivity index (χ3v) is 4.14. The van der Waals surface area contributed by atoms with E-state index < -0.39 is 16.9 Å². The Hall–Kier alpha value is -3.42. The fourth-order valence-electron chi connectivity index (χ4n) is 2.31. The highest BCUT2D eigenvalue weighted by Gasteiger charge is 2.20. The second-order valence-electron chi connectivity index (χ2n) is 6.33. The fourth-order valence-corrected chi connectivity index (χ4v) is 2.31. The van der Waals surface area contributed by atoms with Crippen LogP contribution in [0.2, 0.25) is 0 Å². The normalized spacial score (nSPS) is 12.5. The highest BCUT2D eigenvalue weighted by molar-refractivity contribution is 5.97. The molecule has 2 rings (SSSR count). The Morgan fingerprint density at radius 2 is 1.75 bits per heavy atom. The lowest BCUT2D eigenvalue weighted by Crippen LogP contribution is -2.32. The van der Waals surface area contributed by atoms with Crippen LogP contribution in [0.3, 0.4) is 0 Å². The van der Waals surface area contributed by atoms with Crippen molar-refractivity contribution in [3.8, 4) is 5.75 Å². The van der Waals surface area contributed by atoms with Gasteiger partial charge in [-0.1, -0.05) is 19.1 Å². The number of benzene rings is 2. The summed E-state index contributed by atoms with van der Waals surface area (Å²) in [6.07, 6.45) is -0.119. The average molecular weight is 385 g/mol. The third-order valence-electron chi connectivity index (χ3n) is 4.14. The van der Waals surface area contributed by atoms with E-state index in [0.717, 1.165) is 6.42 Å². The summed E-state index contributed by atoms with van der Waals surface area (Å²) in [6, 6.07) is 12.4. The standard InChI is InChI=1S/C20H23N3O5/c1-4-13(2)21-20(25)15-9-11-16(12-10-15)22-19(24)14(3)28-18-8-6-5-7-17(18)23(26)27/h5-14H,4H2,1-3H3,(H,21,25)(H,22,24). The summed E-state index contributed by atoms with van der Waals surface area (Å²) >= 11 is 0. The van der Waals surface area contributed by atoms with E-state index in [0.29, 0.717) is 11.3 Å². The van der Waals surface area contributed by atoms with Crippen LogP contribution in [0.1, 0.15) is 37.6 Å². The van der Waals surface area contributed by atoms with Crippen LogP contribution < -0.4 is 15.4 Å². The van der Waals surface area contributed by atoms with Crippen LogP contribution in [0.5, 0.6) is 5.75 Å². The molecule has 0 spiro atoms. The molecule has 2 aromatic carbocycles. The van der Waals surface area contributed by atoms with Crippen LogP contribution in [0.15, 0.2) is 48.5 Å². The summed E-state index contributed by atoms with van der Waals surface area (Å²) in [5.74, 6) is -0.623. The fraction of sp³-hybridized carbons (Fsp3) is 0.300. The van der Waals surface area contributed by atoms with E-state index in [1.54, 1.807) is 30.3 Å². The third kappa shape index (κ3) is 5.54. The monoisotopic (exact) mass is 385 g/mol. The number of nitro benzene ring substituents is 1. The van der Waals surface area contributed by atoms with Gasteiger partial charge >= 0.3 is 5.69 Å². The molecular formula is C20H23N3O5. The summed E-state index contributed by atoms with van der Waals surface area (Å²) in [5.41, 5.74) is 0.768. The first-order valence-corrected chi connectivity index (χ1v) is 8.93. The van der Waals surface area contributed by atoms with Crippen molar-refractivity contribution in [1.29, 1.82) is 0 Å². The number of rotatable bonds is 8. The summed E-state index contributed by atoms with van der Waals surface area (Å²) in [7, 11) is 0. The molecule has 2 N–H and O–H groups in total. The van der Waals surface area contributed by atoms with Crippen LogP contribution >= 0.6 is 0 Å². The number of nitrogens with zero attached hydrogens (tertiary/aromatic N) is 1. The molecule has 8 nitrogen and oxygen atoms in total. The van der Waals surface area contributed by atoms with E-state index in [4.69, 9.17) is 4.74 Å². The predicted octanol–water partition coefficient (Wildman–Crippen LogP) is 3.53. The van der Waals surface area contributed by atoms with E-state index >= 15 is 0 Å². The molecule has 0 aliphatic carbocycles. The van der Waals surface area contributed by atoms with Crippen LogP contribution in [0.25, 0.3) is 0 Å². The number of ether oxygens (including phenoxy) is 1. The van der Waals surface area contributed by atoms with Gasteiger partial charge in [0.2, 0.25) is 0 Å². The Balaban J connectivity index is 1.99. The molecule has 0 fully saturated rings. The van der Waals surface area contributed by atoms with E-state index in [9.17, 15) is 19.7 Å². The van der Waals surface area contributed by atoms with E-state index in [-0.39, 0.29) is 23.4 Å². The average Bonchev–Trinajstić information content (AvgIpc) is 2.68. The minimum Gasteiger partial charge on any atom is -0.474 e. The molecule has 0 saturated carbocycles. The zero-order valence-electron chi connectivity index (χ0n) is 16.0. The molecule has 0 bridgehead atoms. The Morgan fingerprint density at radius 1 is 1.11 bits per heavy atom. The molecule has 28 heavy (non-hydrogen) atoms. The Kier molecular flexibility index (Phi) is 7.08. The maximum absolute atomic E-state index is 12.3. The van der Waals surface area contributed by atoms with Gasteiger partial charge in [-0.15, -0.1) is 0 Å². The number of amides is 2. The molecule has 2 atom stereocenters.